The van der Waals surface area contributed by atoms with Crippen LogP contribution in [0.5, 0.6) is 0 Å². The second-order valence-corrected chi connectivity index (χ2v) is 12.0. The monoisotopic (exact) mass is 615 g/mol. The normalized spacial score (nSPS) is 15.2. The zero-order chi connectivity index (χ0) is 30.3. The van der Waals surface area contributed by atoms with Crippen LogP contribution in [0.3, 0.4) is 0 Å². The number of carboxylic acids is 1. The summed E-state index contributed by atoms with van der Waals surface area (Å²) >= 11 is 6.12. The van der Waals surface area contributed by atoms with Gasteiger partial charge in [0.15, 0.2) is 9.84 Å². The minimum Gasteiger partial charge on any atom is -0.478 e. The third-order valence-electron chi connectivity index (χ3n) is 6.38. The van der Waals surface area contributed by atoms with Crippen LogP contribution in [-0.4, -0.2) is 93.0 Å². The van der Waals surface area contributed by atoms with Crippen LogP contribution in [0, 0.1) is 0 Å². The van der Waals surface area contributed by atoms with E-state index in [0.717, 1.165) is 0 Å². The molecule has 0 spiro atoms. The molecule has 220 valence electrons. The van der Waals surface area contributed by atoms with E-state index in [2.05, 4.69) is 26.2 Å². The number of carbonyl (C=O) groups is 4. The molecule has 0 aliphatic carbocycles. The van der Waals surface area contributed by atoms with Crippen LogP contribution in [0.4, 0.5) is 5.69 Å². The minimum atomic E-state index is -3.18. The van der Waals surface area contributed by atoms with Crippen molar-refractivity contribution in [2.75, 3.05) is 29.9 Å². The van der Waals surface area contributed by atoms with Crippen molar-refractivity contribution in [3.63, 3.8) is 0 Å². The first-order chi connectivity index (χ1) is 20.0. The molecule has 1 aliphatic heterocycles. The Morgan fingerprint density at radius 2 is 1.79 bits per heavy atom. The molecule has 0 radical (unpaired) electrons. The van der Waals surface area contributed by atoms with Gasteiger partial charge in [-0.1, -0.05) is 11.6 Å². The first kappa shape index (κ1) is 30.3. The quantitative estimate of drug-likeness (QED) is 0.279. The average Bonchev–Trinajstić information content (AvgIpc) is 3.49. The molecule has 3 amide bonds. The average molecular weight is 616 g/mol. The fourth-order valence-electron chi connectivity index (χ4n) is 4.11. The van der Waals surface area contributed by atoms with Crippen molar-refractivity contribution >= 4 is 56.9 Å². The largest absolute Gasteiger partial charge is 0.478 e. The number of tetrazole rings is 1. The van der Waals surface area contributed by atoms with Crippen molar-refractivity contribution in [1.82, 2.24) is 30.4 Å². The van der Waals surface area contributed by atoms with Gasteiger partial charge in [0.25, 0.3) is 0 Å². The van der Waals surface area contributed by atoms with Crippen molar-refractivity contribution in [2.24, 2.45) is 0 Å². The van der Waals surface area contributed by atoms with Gasteiger partial charge in [-0.05, 0) is 65.4 Å². The lowest BCUT2D eigenvalue weighted by atomic mass is 10.1. The van der Waals surface area contributed by atoms with Crippen molar-refractivity contribution in [2.45, 2.75) is 18.9 Å². The molecule has 2 heterocycles. The van der Waals surface area contributed by atoms with Gasteiger partial charge in [-0.3, -0.25) is 14.4 Å². The Kier molecular flexibility index (Phi) is 9.64. The Morgan fingerprint density at radius 3 is 2.43 bits per heavy atom. The summed E-state index contributed by atoms with van der Waals surface area (Å²) in [5.74, 6) is -3.01. The van der Waals surface area contributed by atoms with Gasteiger partial charge in [-0.25, -0.2) is 13.2 Å². The maximum Gasteiger partial charge on any atom is 0.335 e. The number of halogens is 1. The number of hydrogen-bond acceptors (Lipinski definition) is 9. The number of nitrogens with zero attached hydrogens (tertiary/aromatic N) is 5. The predicted octanol–water partition coefficient (Wildman–Crippen LogP) is 1.19. The van der Waals surface area contributed by atoms with Crippen molar-refractivity contribution in [3.8, 4) is 5.69 Å². The number of benzene rings is 2. The lowest BCUT2D eigenvalue weighted by Crippen LogP contribution is -2.46. The standard InChI is InChI=1S/C26H26ClN7O7S/c27-19-4-8-22(34-16-28-31-32-34)18(15-19)3-9-23(35)30-21(7-10-24(36)33-11-13-42(40,41)14-12-33)25(37)29-20-5-1-17(2-6-20)26(38)39/h1-6,8-9,15-16,21H,7,10-14H2,(H,29,37)(H,30,35)(H,38,39)/b9-3+/t21-/m0/s1. The van der Waals surface area contributed by atoms with Gasteiger partial charge in [0, 0.05) is 41.9 Å². The van der Waals surface area contributed by atoms with Gasteiger partial charge in [0.05, 0.1) is 22.8 Å². The summed E-state index contributed by atoms with van der Waals surface area (Å²) in [6.07, 6.45) is 3.83. The van der Waals surface area contributed by atoms with E-state index in [9.17, 15) is 27.6 Å². The van der Waals surface area contributed by atoms with Crippen molar-refractivity contribution < 1.29 is 32.7 Å². The van der Waals surface area contributed by atoms with E-state index < -0.39 is 33.7 Å². The molecule has 16 heteroatoms. The summed E-state index contributed by atoms with van der Waals surface area (Å²) in [7, 11) is -3.18. The van der Waals surface area contributed by atoms with Crippen LogP contribution in [-0.2, 0) is 24.2 Å². The third-order valence-corrected chi connectivity index (χ3v) is 8.22. The van der Waals surface area contributed by atoms with Crippen LogP contribution < -0.4 is 10.6 Å². The number of carboxylic acid groups (broad SMARTS) is 1. The van der Waals surface area contributed by atoms with Crippen LogP contribution in [0.25, 0.3) is 11.8 Å². The van der Waals surface area contributed by atoms with E-state index in [1.165, 1.54) is 52.3 Å². The lowest BCUT2D eigenvalue weighted by molar-refractivity contribution is -0.131. The molecule has 0 saturated carbocycles. The highest BCUT2D eigenvalue weighted by Crippen LogP contribution is 2.20. The number of aromatic carboxylic acids is 1. The van der Waals surface area contributed by atoms with Crippen molar-refractivity contribution in [3.05, 3.63) is 71.0 Å². The van der Waals surface area contributed by atoms with Crippen molar-refractivity contribution in [1.29, 1.82) is 0 Å². The molecule has 1 aliphatic rings. The summed E-state index contributed by atoms with van der Waals surface area (Å²) in [4.78, 5) is 51.4. The highest BCUT2D eigenvalue weighted by Gasteiger charge is 2.27. The van der Waals surface area contributed by atoms with E-state index in [1.807, 2.05) is 0 Å². The van der Waals surface area contributed by atoms with Crippen LogP contribution >= 0.6 is 11.6 Å². The molecule has 4 rings (SSSR count). The van der Waals surface area contributed by atoms with Gasteiger partial charge in [-0.15, -0.1) is 5.10 Å². The molecule has 2 aromatic carbocycles. The molecule has 1 saturated heterocycles. The number of carbonyl (C=O) groups excluding carboxylic acids is 3. The topological polar surface area (TPSA) is 194 Å². The Bertz CT molecular complexity index is 1600. The molecule has 0 unspecified atom stereocenters. The molecular formula is C26H26ClN7O7S. The van der Waals surface area contributed by atoms with Gasteiger partial charge in [0.2, 0.25) is 17.7 Å². The molecule has 0 bridgehead atoms. The Morgan fingerprint density at radius 1 is 1.07 bits per heavy atom. The summed E-state index contributed by atoms with van der Waals surface area (Å²) in [5, 5.41) is 25.8. The zero-order valence-corrected chi connectivity index (χ0v) is 23.6. The number of amides is 3. The number of sulfone groups is 1. The minimum absolute atomic E-state index is 0.0270. The lowest BCUT2D eigenvalue weighted by Gasteiger charge is -2.27. The molecule has 3 aromatic rings. The fourth-order valence-corrected chi connectivity index (χ4v) is 5.49. The highest BCUT2D eigenvalue weighted by atomic mass is 35.5. The van der Waals surface area contributed by atoms with E-state index in [-0.39, 0.29) is 54.6 Å². The van der Waals surface area contributed by atoms with Gasteiger partial charge >= 0.3 is 5.97 Å². The Hall–Kier alpha value is -4.63. The Balaban J connectivity index is 1.47. The number of anilines is 1. The van der Waals surface area contributed by atoms with Crippen LogP contribution in [0.1, 0.15) is 28.8 Å². The molecule has 1 fully saturated rings. The number of hydrogen-bond donors (Lipinski definition) is 3. The fraction of sp³-hybridized carbons (Fsp3) is 0.269. The van der Waals surface area contributed by atoms with Gasteiger partial charge in [0.1, 0.15) is 12.4 Å². The Labute approximate surface area is 245 Å². The van der Waals surface area contributed by atoms with Gasteiger partial charge < -0.3 is 20.6 Å². The van der Waals surface area contributed by atoms with E-state index in [1.54, 1.807) is 18.2 Å². The van der Waals surface area contributed by atoms with E-state index in [4.69, 9.17) is 16.7 Å². The molecule has 1 atom stereocenters. The smallest absolute Gasteiger partial charge is 0.335 e. The first-order valence-electron chi connectivity index (χ1n) is 12.6. The van der Waals surface area contributed by atoms with Crippen LogP contribution in [0.15, 0.2) is 54.9 Å². The molecule has 1 aromatic heterocycles. The summed E-state index contributed by atoms with van der Waals surface area (Å²) in [6, 6.07) is 9.18. The second kappa shape index (κ2) is 13.4. The third kappa shape index (κ3) is 8.20. The maximum atomic E-state index is 13.2. The predicted molar refractivity (Wildman–Crippen MR) is 152 cm³/mol. The van der Waals surface area contributed by atoms with E-state index >= 15 is 0 Å². The highest BCUT2D eigenvalue weighted by molar-refractivity contribution is 7.91. The maximum absolute atomic E-state index is 13.2. The van der Waals surface area contributed by atoms with Crippen LogP contribution in [0.2, 0.25) is 5.02 Å². The molecule has 14 nitrogen and oxygen atoms in total. The van der Waals surface area contributed by atoms with E-state index in [0.29, 0.717) is 16.3 Å². The number of rotatable bonds is 10. The summed E-state index contributed by atoms with van der Waals surface area (Å²) in [5.41, 5.74) is 1.37. The molecule has 42 heavy (non-hydrogen) atoms. The molecule has 3 N–H and O–H groups in total. The second-order valence-electron chi connectivity index (χ2n) is 9.30. The number of aromatic nitrogens is 4. The summed E-state index contributed by atoms with van der Waals surface area (Å²) in [6.45, 7) is 0.124. The SMILES string of the molecule is O=C(/C=C/c1cc(Cl)ccc1-n1cnnn1)N[C@@H](CCC(=O)N1CCS(=O)(=O)CC1)C(=O)Nc1ccc(C(=O)O)cc1. The first-order valence-corrected chi connectivity index (χ1v) is 14.8. The number of nitrogens with one attached hydrogen (secondary N) is 2. The summed E-state index contributed by atoms with van der Waals surface area (Å²) < 4.78 is 24.8. The van der Waals surface area contributed by atoms with Gasteiger partial charge in [-0.2, -0.15) is 4.68 Å². The molecular weight excluding hydrogens is 590 g/mol. The zero-order valence-electron chi connectivity index (χ0n) is 22.0.